The average molecular weight is 346 g/mol. The molecule has 2 N–H and O–H groups in total. The molecule has 0 bridgehead atoms. The molecule has 1 unspecified atom stereocenters. The van der Waals surface area contributed by atoms with Gasteiger partial charge in [0.05, 0.1) is 12.1 Å². The van der Waals surface area contributed by atoms with E-state index in [0.717, 1.165) is 29.4 Å². The molecule has 1 aliphatic carbocycles. The highest BCUT2D eigenvalue weighted by molar-refractivity contribution is 9.10. The number of halogens is 1. The summed E-state index contributed by atoms with van der Waals surface area (Å²) in [5.41, 5.74) is 3.23. The van der Waals surface area contributed by atoms with Crippen LogP contribution in [0.4, 0.5) is 5.69 Å². The normalized spacial score (nSPS) is 21.4. The van der Waals surface area contributed by atoms with Gasteiger partial charge in [-0.1, -0.05) is 42.8 Å². The molecule has 1 aliphatic rings. The van der Waals surface area contributed by atoms with Crippen molar-refractivity contribution < 1.29 is 5.11 Å². The van der Waals surface area contributed by atoms with E-state index >= 15 is 0 Å². The molecule has 0 radical (unpaired) electrons. The van der Waals surface area contributed by atoms with Gasteiger partial charge >= 0.3 is 0 Å². The van der Waals surface area contributed by atoms with Crippen molar-refractivity contribution in [1.82, 2.24) is 0 Å². The molecule has 0 aromatic heterocycles. The third-order valence-corrected chi connectivity index (χ3v) is 5.04. The van der Waals surface area contributed by atoms with Crippen LogP contribution in [0, 0.1) is 0 Å². The van der Waals surface area contributed by atoms with Crippen molar-refractivity contribution in [2.45, 2.75) is 31.2 Å². The van der Waals surface area contributed by atoms with Crippen LogP contribution < -0.4 is 5.32 Å². The molecule has 21 heavy (non-hydrogen) atoms. The monoisotopic (exact) mass is 345 g/mol. The van der Waals surface area contributed by atoms with Crippen LogP contribution in [0.15, 0.2) is 53.0 Å². The van der Waals surface area contributed by atoms with E-state index in [9.17, 15) is 5.11 Å². The van der Waals surface area contributed by atoms with Gasteiger partial charge in [-0.05, 0) is 58.5 Å². The number of para-hydroxylation sites is 1. The summed E-state index contributed by atoms with van der Waals surface area (Å²) in [6.45, 7) is 0.103. The van der Waals surface area contributed by atoms with Gasteiger partial charge in [-0.15, -0.1) is 0 Å². The van der Waals surface area contributed by atoms with Gasteiger partial charge in [0.2, 0.25) is 0 Å². The number of nitrogens with one attached hydrogen (secondary N) is 1. The molecule has 1 atom stereocenters. The third kappa shape index (κ3) is 2.85. The highest BCUT2D eigenvalue weighted by atomic mass is 79.9. The minimum Gasteiger partial charge on any atom is -0.394 e. The van der Waals surface area contributed by atoms with Crippen molar-refractivity contribution in [3.05, 3.63) is 64.1 Å². The quantitative estimate of drug-likeness (QED) is 0.804. The predicted molar refractivity (Wildman–Crippen MR) is 90.5 cm³/mol. The van der Waals surface area contributed by atoms with Crippen LogP contribution >= 0.6 is 15.9 Å². The van der Waals surface area contributed by atoms with Crippen LogP contribution in [0.25, 0.3) is 0 Å². The molecule has 0 heterocycles. The highest BCUT2D eigenvalue weighted by Crippen LogP contribution is 2.38. The van der Waals surface area contributed by atoms with E-state index in [0.29, 0.717) is 0 Å². The average Bonchev–Trinajstić information content (AvgIpc) is 2.70. The summed E-state index contributed by atoms with van der Waals surface area (Å²) in [6.07, 6.45) is 4.33. The Bertz CT molecular complexity index is 628. The molecule has 2 aromatic carbocycles. The lowest BCUT2D eigenvalue weighted by Gasteiger charge is -2.35. The molecule has 3 rings (SSSR count). The Morgan fingerprint density at radius 2 is 1.81 bits per heavy atom. The van der Waals surface area contributed by atoms with E-state index in [1.807, 2.05) is 18.2 Å². The molecular weight excluding hydrogens is 326 g/mol. The van der Waals surface area contributed by atoms with Crippen LogP contribution in [-0.2, 0) is 12.0 Å². The predicted octanol–water partition coefficient (Wildman–Crippen LogP) is 4.48. The van der Waals surface area contributed by atoms with Crippen LogP contribution in [-0.4, -0.2) is 11.7 Å². The van der Waals surface area contributed by atoms with Crippen molar-refractivity contribution >= 4 is 21.6 Å². The van der Waals surface area contributed by atoms with Gasteiger partial charge in [-0.25, -0.2) is 0 Å². The third-order valence-electron chi connectivity index (χ3n) is 4.35. The molecule has 0 fully saturated rings. The van der Waals surface area contributed by atoms with Gasteiger partial charge in [-0.2, -0.15) is 0 Å². The zero-order valence-corrected chi connectivity index (χ0v) is 13.6. The van der Waals surface area contributed by atoms with Gasteiger partial charge in [0.25, 0.3) is 0 Å². The molecule has 0 spiro atoms. The first-order chi connectivity index (χ1) is 10.2. The molecule has 2 aromatic rings. The number of aliphatic hydroxyl groups is 1. The Morgan fingerprint density at radius 1 is 1.05 bits per heavy atom. The summed E-state index contributed by atoms with van der Waals surface area (Å²) in [5, 5.41) is 13.8. The van der Waals surface area contributed by atoms with E-state index in [4.69, 9.17) is 0 Å². The molecule has 2 nitrogen and oxygen atoms in total. The van der Waals surface area contributed by atoms with E-state index in [2.05, 4.69) is 51.6 Å². The number of aryl methyl sites for hydroxylation is 1. The molecule has 3 heteroatoms. The molecular formula is C18H20BrNO. The van der Waals surface area contributed by atoms with Gasteiger partial charge in [0.1, 0.15) is 0 Å². The van der Waals surface area contributed by atoms with Gasteiger partial charge in [0, 0.05) is 10.2 Å². The fraction of sp³-hybridized carbons (Fsp3) is 0.333. The molecule has 0 amide bonds. The largest absolute Gasteiger partial charge is 0.394 e. The Kier molecular flexibility index (Phi) is 4.32. The summed E-state index contributed by atoms with van der Waals surface area (Å²) < 4.78 is 1.03. The summed E-state index contributed by atoms with van der Waals surface area (Å²) in [6, 6.07) is 16.6. The SMILES string of the molecule is OCC1(Nc2ccccc2Br)CCCCc2ccccc21. The zero-order chi connectivity index (χ0) is 14.7. The van der Waals surface area contributed by atoms with Gasteiger partial charge in [-0.3, -0.25) is 0 Å². The Labute approximate surface area is 134 Å². The van der Waals surface area contributed by atoms with Crippen molar-refractivity contribution in [3.63, 3.8) is 0 Å². The minimum absolute atomic E-state index is 0.103. The van der Waals surface area contributed by atoms with Crippen LogP contribution in [0.5, 0.6) is 0 Å². The molecule has 0 aliphatic heterocycles. The van der Waals surface area contributed by atoms with E-state index in [1.165, 1.54) is 17.5 Å². The number of anilines is 1. The maximum Gasteiger partial charge on any atom is 0.0859 e. The van der Waals surface area contributed by atoms with Gasteiger partial charge in [0.15, 0.2) is 0 Å². The van der Waals surface area contributed by atoms with Crippen molar-refractivity contribution in [3.8, 4) is 0 Å². The lowest BCUT2D eigenvalue weighted by atomic mass is 9.84. The topological polar surface area (TPSA) is 32.3 Å². The smallest absolute Gasteiger partial charge is 0.0859 e. The second-order valence-corrected chi connectivity index (χ2v) is 6.56. The number of hydrogen-bond acceptors (Lipinski definition) is 2. The summed E-state index contributed by atoms with van der Waals surface area (Å²) in [4.78, 5) is 0. The standard InChI is InChI=1S/C18H20BrNO/c19-16-10-3-4-11-17(16)20-18(13-21)12-6-5-8-14-7-1-2-9-15(14)18/h1-4,7,9-11,20-21H,5-6,8,12-13H2. The zero-order valence-electron chi connectivity index (χ0n) is 12.0. The first-order valence-corrected chi connectivity index (χ1v) is 8.26. The van der Waals surface area contributed by atoms with E-state index in [1.54, 1.807) is 0 Å². The van der Waals surface area contributed by atoms with Crippen molar-refractivity contribution in [1.29, 1.82) is 0 Å². The lowest BCUT2D eigenvalue weighted by molar-refractivity contribution is 0.202. The Balaban J connectivity index is 2.05. The summed E-state index contributed by atoms with van der Waals surface area (Å²) >= 11 is 3.59. The van der Waals surface area contributed by atoms with Crippen LogP contribution in [0.2, 0.25) is 0 Å². The number of benzene rings is 2. The molecule has 0 saturated heterocycles. The molecule has 110 valence electrons. The minimum atomic E-state index is -0.392. The maximum absolute atomic E-state index is 10.2. The Hall–Kier alpha value is -1.32. The number of rotatable bonds is 3. The summed E-state index contributed by atoms with van der Waals surface area (Å²) in [5.74, 6) is 0. The van der Waals surface area contributed by atoms with Crippen LogP contribution in [0.3, 0.4) is 0 Å². The second-order valence-electron chi connectivity index (χ2n) is 5.71. The molecule has 0 saturated carbocycles. The number of aliphatic hydroxyl groups excluding tert-OH is 1. The fourth-order valence-corrected chi connectivity index (χ4v) is 3.62. The van der Waals surface area contributed by atoms with Crippen LogP contribution in [0.1, 0.15) is 30.4 Å². The maximum atomic E-state index is 10.2. The van der Waals surface area contributed by atoms with E-state index < -0.39 is 5.54 Å². The first kappa shape index (κ1) is 14.6. The summed E-state index contributed by atoms with van der Waals surface area (Å²) in [7, 11) is 0. The fourth-order valence-electron chi connectivity index (χ4n) is 3.24. The lowest BCUT2D eigenvalue weighted by Crippen LogP contribution is -2.39. The number of hydrogen-bond donors (Lipinski definition) is 2. The number of fused-ring (bicyclic) bond motifs is 1. The van der Waals surface area contributed by atoms with Crippen molar-refractivity contribution in [2.75, 3.05) is 11.9 Å². The first-order valence-electron chi connectivity index (χ1n) is 7.47. The highest BCUT2D eigenvalue weighted by Gasteiger charge is 2.34. The van der Waals surface area contributed by atoms with Gasteiger partial charge < -0.3 is 10.4 Å². The van der Waals surface area contributed by atoms with Crippen molar-refractivity contribution in [2.24, 2.45) is 0 Å². The van der Waals surface area contributed by atoms with E-state index in [-0.39, 0.29) is 6.61 Å². The Morgan fingerprint density at radius 3 is 2.62 bits per heavy atom. The second kappa shape index (κ2) is 6.20.